The second-order valence-electron chi connectivity index (χ2n) is 10.5. The molecule has 1 saturated carbocycles. The highest BCUT2D eigenvalue weighted by atomic mass is 16.7. The van der Waals surface area contributed by atoms with Gasteiger partial charge in [0.15, 0.2) is 5.79 Å². The van der Waals surface area contributed by atoms with E-state index in [2.05, 4.69) is 41.0 Å². The Kier molecular flexibility index (Phi) is 4.46. The molecule has 0 unspecified atom stereocenters. The van der Waals surface area contributed by atoms with Crippen molar-refractivity contribution in [2.45, 2.75) is 69.5 Å². The Hall–Kier alpha value is -2.76. The molecule has 0 bridgehead atoms. The Labute approximate surface area is 199 Å². The number of hydrogen-bond acceptors (Lipinski definition) is 4. The van der Waals surface area contributed by atoms with Crippen LogP contribution < -0.4 is 5.56 Å². The zero-order valence-corrected chi connectivity index (χ0v) is 19.7. The molecule has 2 spiro atoms. The van der Waals surface area contributed by atoms with Crippen LogP contribution in [0, 0.1) is 6.92 Å². The quantitative estimate of drug-likeness (QED) is 0.483. The molecule has 0 amide bonds. The van der Waals surface area contributed by atoms with Crippen LogP contribution in [0.5, 0.6) is 0 Å². The van der Waals surface area contributed by atoms with Crippen molar-refractivity contribution in [3.05, 3.63) is 75.3 Å². The highest BCUT2D eigenvalue weighted by Crippen LogP contribution is 2.52. The lowest BCUT2D eigenvalue weighted by Gasteiger charge is -2.34. The van der Waals surface area contributed by atoms with Crippen LogP contribution in [0.1, 0.15) is 73.9 Å². The van der Waals surface area contributed by atoms with E-state index in [1.165, 1.54) is 41.6 Å². The Bertz CT molecular complexity index is 1400. The third-order valence-corrected chi connectivity index (χ3v) is 8.63. The number of ether oxygens (including phenoxy) is 2. The molecule has 2 aliphatic carbocycles. The van der Waals surface area contributed by atoms with Gasteiger partial charge in [-0.25, -0.2) is 0 Å². The second-order valence-corrected chi connectivity index (χ2v) is 10.5. The Morgan fingerprint density at radius 2 is 1.82 bits per heavy atom. The van der Waals surface area contributed by atoms with Gasteiger partial charge in [0.25, 0.3) is 5.56 Å². The Balaban J connectivity index is 1.41. The van der Waals surface area contributed by atoms with Crippen LogP contribution in [0.2, 0.25) is 0 Å². The molecule has 5 heteroatoms. The van der Waals surface area contributed by atoms with E-state index in [1.54, 1.807) is 0 Å². The van der Waals surface area contributed by atoms with Crippen molar-refractivity contribution in [2.24, 2.45) is 0 Å². The molecule has 3 aromatic rings. The lowest BCUT2D eigenvalue weighted by atomic mass is 9.69. The molecule has 2 aliphatic heterocycles. The SMILES string of the molecule is Cc1cccc2c1c(=O)nc1n2-c2ccc(C3=CCC4(CC3)OCCO4)cc2C12CCCCC2. The molecule has 7 rings (SSSR count). The van der Waals surface area contributed by atoms with Gasteiger partial charge in [-0.15, -0.1) is 0 Å². The van der Waals surface area contributed by atoms with Crippen LogP contribution in [0.25, 0.3) is 22.2 Å². The summed E-state index contributed by atoms with van der Waals surface area (Å²) >= 11 is 0. The van der Waals surface area contributed by atoms with E-state index in [4.69, 9.17) is 14.5 Å². The van der Waals surface area contributed by atoms with Gasteiger partial charge in [0.05, 0.1) is 35.2 Å². The first-order chi connectivity index (χ1) is 16.6. The van der Waals surface area contributed by atoms with Gasteiger partial charge in [0.2, 0.25) is 0 Å². The highest BCUT2D eigenvalue weighted by Gasteiger charge is 2.47. The van der Waals surface area contributed by atoms with E-state index >= 15 is 0 Å². The van der Waals surface area contributed by atoms with Crippen molar-refractivity contribution in [1.82, 2.24) is 9.55 Å². The van der Waals surface area contributed by atoms with Crippen molar-refractivity contribution in [2.75, 3.05) is 13.2 Å². The number of rotatable bonds is 1. The summed E-state index contributed by atoms with van der Waals surface area (Å²) in [5.41, 5.74) is 6.92. The number of aryl methyl sites for hydroxylation is 1. The summed E-state index contributed by atoms with van der Waals surface area (Å²) in [4.78, 5) is 18.0. The fourth-order valence-corrected chi connectivity index (χ4v) is 6.91. The lowest BCUT2D eigenvalue weighted by Crippen LogP contribution is -2.32. The van der Waals surface area contributed by atoms with E-state index in [1.807, 2.05) is 13.0 Å². The monoisotopic (exact) mass is 454 g/mol. The maximum absolute atomic E-state index is 13.2. The highest BCUT2D eigenvalue weighted by molar-refractivity contribution is 5.85. The fraction of sp³-hybridized carbons (Fsp3) is 0.448. The summed E-state index contributed by atoms with van der Waals surface area (Å²) in [6, 6.07) is 13.1. The van der Waals surface area contributed by atoms with E-state index < -0.39 is 5.79 Å². The Morgan fingerprint density at radius 1 is 1.00 bits per heavy atom. The maximum atomic E-state index is 13.2. The van der Waals surface area contributed by atoms with Crippen LogP contribution in [0.4, 0.5) is 0 Å². The predicted molar refractivity (Wildman–Crippen MR) is 132 cm³/mol. The third-order valence-electron chi connectivity index (χ3n) is 8.63. The van der Waals surface area contributed by atoms with Gasteiger partial charge in [0, 0.05) is 12.8 Å². The standard InChI is InChI=1S/C29H30N2O3/c1-19-6-5-7-24-25(19)26(32)30-27-28(12-3-2-4-13-28)22-18-21(8-9-23(22)31(24)27)20-10-14-29(15-11-20)33-16-17-34-29/h5-10,18H,2-4,11-17H2,1H3. The first-order valence-electron chi connectivity index (χ1n) is 12.8. The largest absolute Gasteiger partial charge is 0.347 e. The number of allylic oxidation sites excluding steroid dienone is 1. The van der Waals surface area contributed by atoms with Crippen LogP contribution in [-0.4, -0.2) is 28.6 Å². The molecule has 2 aromatic carbocycles. The van der Waals surface area contributed by atoms with Crippen LogP contribution in [0.3, 0.4) is 0 Å². The smallest absolute Gasteiger partial charge is 0.281 e. The summed E-state index contributed by atoms with van der Waals surface area (Å²) in [6.07, 6.45) is 10.7. The number of nitrogens with zero attached hydrogens (tertiary/aromatic N) is 2. The molecule has 34 heavy (non-hydrogen) atoms. The van der Waals surface area contributed by atoms with Gasteiger partial charge in [-0.1, -0.05) is 43.5 Å². The van der Waals surface area contributed by atoms with Gasteiger partial charge in [-0.3, -0.25) is 9.36 Å². The minimum absolute atomic E-state index is 0.0887. The number of fused-ring (bicyclic) bond motifs is 7. The molecule has 1 saturated heterocycles. The van der Waals surface area contributed by atoms with Crippen molar-refractivity contribution >= 4 is 16.5 Å². The van der Waals surface area contributed by atoms with Crippen molar-refractivity contribution in [3.63, 3.8) is 0 Å². The number of aromatic nitrogens is 2. The van der Waals surface area contributed by atoms with Gasteiger partial charge in [-0.05, 0) is 66.6 Å². The van der Waals surface area contributed by atoms with E-state index in [-0.39, 0.29) is 11.0 Å². The minimum atomic E-state index is -0.401. The molecule has 1 aromatic heterocycles. The van der Waals surface area contributed by atoms with Crippen molar-refractivity contribution < 1.29 is 9.47 Å². The second kappa shape index (κ2) is 7.37. The van der Waals surface area contributed by atoms with E-state index in [9.17, 15) is 4.79 Å². The molecule has 0 radical (unpaired) electrons. The topological polar surface area (TPSA) is 53.4 Å². The van der Waals surface area contributed by atoms with Gasteiger partial charge < -0.3 is 9.47 Å². The van der Waals surface area contributed by atoms with Gasteiger partial charge in [-0.2, -0.15) is 4.98 Å². The van der Waals surface area contributed by atoms with Gasteiger partial charge >= 0.3 is 0 Å². The molecular formula is C29H30N2O3. The zero-order chi connectivity index (χ0) is 22.9. The minimum Gasteiger partial charge on any atom is -0.347 e. The molecule has 5 nitrogen and oxygen atoms in total. The van der Waals surface area contributed by atoms with Crippen LogP contribution >= 0.6 is 0 Å². The summed E-state index contributed by atoms with van der Waals surface area (Å²) in [5, 5.41) is 0.742. The average Bonchev–Trinajstić information content (AvgIpc) is 3.41. The summed E-state index contributed by atoms with van der Waals surface area (Å²) in [5.74, 6) is 0.550. The first kappa shape index (κ1) is 20.6. The fourth-order valence-electron chi connectivity index (χ4n) is 6.91. The summed E-state index contributed by atoms with van der Waals surface area (Å²) in [7, 11) is 0. The van der Waals surface area contributed by atoms with Gasteiger partial charge in [0.1, 0.15) is 5.82 Å². The first-order valence-corrected chi connectivity index (χ1v) is 12.8. The molecule has 0 N–H and O–H groups in total. The number of hydrogen-bond donors (Lipinski definition) is 0. The summed E-state index contributed by atoms with van der Waals surface area (Å²) in [6.45, 7) is 3.40. The summed E-state index contributed by atoms with van der Waals surface area (Å²) < 4.78 is 14.1. The Morgan fingerprint density at radius 3 is 2.59 bits per heavy atom. The predicted octanol–water partition coefficient (Wildman–Crippen LogP) is 5.57. The molecule has 2 fully saturated rings. The van der Waals surface area contributed by atoms with Crippen LogP contribution in [-0.2, 0) is 14.9 Å². The maximum Gasteiger partial charge on any atom is 0.281 e. The zero-order valence-electron chi connectivity index (χ0n) is 19.7. The molecular weight excluding hydrogens is 424 g/mol. The van der Waals surface area contributed by atoms with Crippen LogP contribution in [0.15, 0.2) is 47.3 Å². The molecule has 0 atom stereocenters. The van der Waals surface area contributed by atoms with Crippen molar-refractivity contribution in [1.29, 1.82) is 0 Å². The normalized spacial score (nSPS) is 22.2. The molecule has 4 aliphatic rings. The third kappa shape index (κ3) is 2.80. The average molecular weight is 455 g/mol. The molecule has 3 heterocycles. The van der Waals surface area contributed by atoms with Crippen molar-refractivity contribution in [3.8, 4) is 5.69 Å². The van der Waals surface area contributed by atoms with E-state index in [0.29, 0.717) is 13.2 Å². The number of benzene rings is 2. The van der Waals surface area contributed by atoms with E-state index in [0.717, 1.165) is 54.4 Å². The lowest BCUT2D eigenvalue weighted by molar-refractivity contribution is -0.159. The molecule has 174 valence electrons.